The van der Waals surface area contributed by atoms with Crippen LogP contribution < -0.4 is 5.73 Å². The minimum Gasteiger partial charge on any atom is -0.480 e. The lowest BCUT2D eigenvalue weighted by Gasteiger charge is -2.18. The second kappa shape index (κ2) is 20.6. The van der Waals surface area contributed by atoms with E-state index in [-0.39, 0.29) is 12.7 Å². The first-order chi connectivity index (χ1) is 16.1. The van der Waals surface area contributed by atoms with Crippen LogP contribution in [0, 0.1) is 5.92 Å². The van der Waals surface area contributed by atoms with E-state index < -0.39 is 39.2 Å². The van der Waals surface area contributed by atoms with E-state index in [1.54, 1.807) is 7.11 Å². The number of rotatable bonds is 24. The number of nitrogens with two attached hydrogens (primary N) is 1. The number of methoxy groups -OCH3 is 1. The van der Waals surface area contributed by atoms with E-state index in [0.29, 0.717) is 6.61 Å². The molecule has 0 saturated heterocycles. The molecule has 0 spiro atoms. The van der Waals surface area contributed by atoms with E-state index in [2.05, 4.69) is 22.9 Å². The second-order valence-corrected chi connectivity index (χ2v) is 10.7. The first-order valence-electron chi connectivity index (χ1n) is 12.5. The molecule has 11 heteroatoms. The molecule has 0 saturated carbocycles. The highest BCUT2D eigenvalue weighted by Gasteiger charge is 2.25. The van der Waals surface area contributed by atoms with Crippen molar-refractivity contribution in [2.45, 2.75) is 103 Å². The smallest absolute Gasteiger partial charge is 0.472 e. The van der Waals surface area contributed by atoms with E-state index in [9.17, 15) is 19.4 Å². The SMILES string of the molecule is COC(CCCCCCCCCCCC(C)C)COCC(O)COP(=O)(O)OCC(N)C(=O)O. The molecule has 204 valence electrons. The van der Waals surface area contributed by atoms with Gasteiger partial charge in [-0.05, 0) is 12.3 Å². The van der Waals surface area contributed by atoms with Gasteiger partial charge in [0.1, 0.15) is 12.1 Å². The average Bonchev–Trinajstić information content (AvgIpc) is 2.78. The van der Waals surface area contributed by atoms with Gasteiger partial charge in [-0.15, -0.1) is 0 Å². The van der Waals surface area contributed by atoms with Crippen LogP contribution in [0.4, 0.5) is 0 Å². The maximum absolute atomic E-state index is 11.7. The summed E-state index contributed by atoms with van der Waals surface area (Å²) >= 11 is 0. The van der Waals surface area contributed by atoms with Crippen LogP contribution in [0.3, 0.4) is 0 Å². The third-order valence-corrected chi connectivity index (χ3v) is 6.37. The predicted octanol–water partition coefficient (Wildman–Crippen LogP) is 3.87. The van der Waals surface area contributed by atoms with Crippen molar-refractivity contribution in [1.82, 2.24) is 0 Å². The molecule has 0 amide bonds. The van der Waals surface area contributed by atoms with E-state index >= 15 is 0 Å². The Morgan fingerprint density at radius 2 is 1.35 bits per heavy atom. The Balaban J connectivity index is 3.74. The largest absolute Gasteiger partial charge is 0.480 e. The van der Waals surface area contributed by atoms with E-state index in [1.807, 2.05) is 0 Å². The van der Waals surface area contributed by atoms with Crippen molar-refractivity contribution in [2.24, 2.45) is 11.7 Å². The summed E-state index contributed by atoms with van der Waals surface area (Å²) < 4.78 is 31.6. The van der Waals surface area contributed by atoms with E-state index in [4.69, 9.17) is 20.3 Å². The Kier molecular flexibility index (Phi) is 20.2. The van der Waals surface area contributed by atoms with Crippen molar-refractivity contribution >= 4 is 13.8 Å². The summed E-state index contributed by atoms with van der Waals surface area (Å²) in [5.41, 5.74) is 5.19. The molecule has 0 radical (unpaired) electrons. The van der Waals surface area contributed by atoms with Crippen LogP contribution >= 0.6 is 7.82 Å². The maximum atomic E-state index is 11.7. The van der Waals surface area contributed by atoms with Gasteiger partial charge < -0.3 is 30.3 Å². The summed E-state index contributed by atoms with van der Waals surface area (Å²) in [6, 6.07) is -1.45. The third-order valence-electron chi connectivity index (χ3n) is 5.42. The van der Waals surface area contributed by atoms with E-state index in [1.165, 1.54) is 51.4 Å². The number of hydrogen-bond acceptors (Lipinski definition) is 8. The third kappa shape index (κ3) is 20.8. The van der Waals surface area contributed by atoms with Crippen molar-refractivity contribution in [1.29, 1.82) is 0 Å². The van der Waals surface area contributed by atoms with Crippen molar-refractivity contribution in [3.63, 3.8) is 0 Å². The van der Waals surface area contributed by atoms with Crippen LogP contribution in [0.25, 0.3) is 0 Å². The lowest BCUT2D eigenvalue weighted by Crippen LogP contribution is -2.34. The highest BCUT2D eigenvalue weighted by Crippen LogP contribution is 2.43. The lowest BCUT2D eigenvalue weighted by molar-refractivity contribution is -0.139. The van der Waals surface area contributed by atoms with Crippen LogP contribution in [-0.4, -0.2) is 72.9 Å². The molecule has 0 aliphatic carbocycles. The number of carboxylic acids is 1. The van der Waals surface area contributed by atoms with Gasteiger partial charge in [0.25, 0.3) is 0 Å². The van der Waals surface area contributed by atoms with Gasteiger partial charge in [-0.25, -0.2) is 4.57 Å². The predicted molar refractivity (Wildman–Crippen MR) is 131 cm³/mol. The number of carboxylic acid groups (broad SMARTS) is 1. The van der Waals surface area contributed by atoms with Crippen molar-refractivity contribution in [2.75, 3.05) is 33.5 Å². The fraction of sp³-hybridized carbons (Fsp3) is 0.957. The summed E-state index contributed by atoms with van der Waals surface area (Å²) in [6.07, 6.45) is 12.3. The summed E-state index contributed by atoms with van der Waals surface area (Å²) in [6.45, 7) is 3.55. The quantitative estimate of drug-likeness (QED) is 0.110. The fourth-order valence-corrected chi connectivity index (χ4v) is 4.06. The van der Waals surface area contributed by atoms with Gasteiger partial charge in [0.05, 0.1) is 32.5 Å². The molecule has 5 N–H and O–H groups in total. The number of aliphatic hydroxyl groups is 1. The van der Waals surface area contributed by atoms with Crippen molar-refractivity contribution in [3.8, 4) is 0 Å². The van der Waals surface area contributed by atoms with E-state index in [0.717, 1.165) is 25.2 Å². The van der Waals surface area contributed by atoms with Crippen LogP contribution in [0.15, 0.2) is 0 Å². The zero-order valence-electron chi connectivity index (χ0n) is 21.2. The van der Waals surface area contributed by atoms with Crippen molar-refractivity contribution in [3.05, 3.63) is 0 Å². The Morgan fingerprint density at radius 1 is 0.853 bits per heavy atom. The molecule has 34 heavy (non-hydrogen) atoms. The van der Waals surface area contributed by atoms with Gasteiger partial charge in [-0.1, -0.05) is 78.1 Å². The minimum absolute atomic E-state index is 0.0844. The summed E-state index contributed by atoms with van der Waals surface area (Å²) in [5.74, 6) is -0.561. The molecule has 0 fully saturated rings. The second-order valence-electron chi connectivity index (χ2n) is 9.21. The topological polar surface area (TPSA) is 158 Å². The molecular weight excluding hydrogens is 465 g/mol. The van der Waals surface area contributed by atoms with Gasteiger partial charge in [0.2, 0.25) is 0 Å². The Morgan fingerprint density at radius 3 is 1.85 bits per heavy atom. The van der Waals surface area contributed by atoms with Gasteiger partial charge >= 0.3 is 13.8 Å². The Labute approximate surface area is 205 Å². The molecule has 0 rings (SSSR count). The first kappa shape index (κ1) is 33.4. The van der Waals surface area contributed by atoms with Gasteiger partial charge in [0, 0.05) is 7.11 Å². The number of aliphatic hydroxyl groups excluding tert-OH is 1. The number of hydrogen-bond donors (Lipinski definition) is 4. The van der Waals surface area contributed by atoms with Gasteiger partial charge in [-0.3, -0.25) is 13.8 Å². The van der Waals surface area contributed by atoms with Crippen LogP contribution in [0.5, 0.6) is 0 Å². The monoisotopic (exact) mass is 513 g/mol. The zero-order valence-corrected chi connectivity index (χ0v) is 22.1. The Hall–Kier alpha value is -0.580. The highest BCUT2D eigenvalue weighted by atomic mass is 31.2. The standard InChI is InChI=1S/C23H48NO9P/c1-19(2)13-11-9-7-5-4-6-8-10-12-14-21(30-3)17-31-15-20(25)16-32-34(28,29)33-18-22(24)23(26)27/h19-22,25H,4-18,24H2,1-3H3,(H,26,27)(H,28,29). The lowest BCUT2D eigenvalue weighted by atomic mass is 10.0. The fourth-order valence-electron chi connectivity index (χ4n) is 3.28. The summed E-state index contributed by atoms with van der Waals surface area (Å²) in [4.78, 5) is 20.1. The van der Waals surface area contributed by atoms with Crippen LogP contribution in [-0.2, 0) is 27.9 Å². The minimum atomic E-state index is -4.52. The number of phosphoric ester groups is 1. The molecule has 0 aliphatic rings. The molecule has 0 heterocycles. The highest BCUT2D eigenvalue weighted by molar-refractivity contribution is 7.47. The molecular formula is C23H48NO9P. The number of unbranched alkanes of at least 4 members (excludes halogenated alkanes) is 8. The van der Waals surface area contributed by atoms with Crippen LogP contribution in [0.1, 0.15) is 84.5 Å². The van der Waals surface area contributed by atoms with Gasteiger partial charge in [-0.2, -0.15) is 0 Å². The summed E-state index contributed by atoms with van der Waals surface area (Å²) in [7, 11) is -2.90. The molecule has 10 nitrogen and oxygen atoms in total. The number of carbonyl (C=O) groups is 1. The molecule has 4 atom stereocenters. The van der Waals surface area contributed by atoms with Crippen molar-refractivity contribution < 1.29 is 43.0 Å². The number of ether oxygens (including phenoxy) is 2. The summed E-state index contributed by atoms with van der Waals surface area (Å²) in [5, 5.41) is 18.5. The maximum Gasteiger partial charge on any atom is 0.472 e. The zero-order chi connectivity index (χ0) is 25.8. The normalized spacial score (nSPS) is 16.3. The average molecular weight is 514 g/mol. The Bertz CT molecular complexity index is 551. The molecule has 0 aromatic carbocycles. The van der Waals surface area contributed by atoms with Crippen LogP contribution in [0.2, 0.25) is 0 Å². The van der Waals surface area contributed by atoms with Gasteiger partial charge in [0.15, 0.2) is 0 Å². The molecule has 0 aromatic rings. The first-order valence-corrected chi connectivity index (χ1v) is 14.0. The molecule has 0 aliphatic heterocycles. The molecule has 4 unspecified atom stereocenters. The number of phosphoric acid groups is 1. The molecule has 0 bridgehead atoms. The molecule has 0 aromatic heterocycles. The number of aliphatic carboxylic acids is 1.